The van der Waals surface area contributed by atoms with E-state index in [0.29, 0.717) is 18.0 Å². The molecule has 1 atom stereocenters. The van der Waals surface area contributed by atoms with Crippen LogP contribution in [0.2, 0.25) is 0 Å². The van der Waals surface area contributed by atoms with Crippen molar-refractivity contribution < 1.29 is 14.0 Å². The molecule has 0 radical (unpaired) electrons. The number of hydrogen-bond acceptors (Lipinski definition) is 6. The highest BCUT2D eigenvalue weighted by atomic mass is 31.1. The van der Waals surface area contributed by atoms with Gasteiger partial charge in [0.2, 0.25) is 0 Å². The van der Waals surface area contributed by atoms with E-state index in [9.17, 15) is 4.57 Å². The van der Waals surface area contributed by atoms with Gasteiger partial charge in [-0.3, -0.25) is 0 Å². The van der Waals surface area contributed by atoms with E-state index in [0.717, 1.165) is 11.1 Å². The van der Waals surface area contributed by atoms with Crippen molar-refractivity contribution in [2.75, 3.05) is 18.5 Å². The minimum Gasteiger partial charge on any atom is -0.365 e. The third kappa shape index (κ3) is 3.78. The summed E-state index contributed by atoms with van der Waals surface area (Å²) in [6, 6.07) is 0. The van der Waals surface area contributed by atoms with Gasteiger partial charge in [-0.2, -0.15) is 0 Å². The number of nitrogens with zero attached hydrogens (tertiary/aromatic N) is 3. The molecule has 3 N–H and O–H groups in total. The van der Waals surface area contributed by atoms with Gasteiger partial charge in [-0.15, -0.1) is 9.42 Å². The third-order valence-electron chi connectivity index (χ3n) is 2.35. The van der Waals surface area contributed by atoms with Crippen LogP contribution in [0.5, 0.6) is 0 Å². The predicted molar refractivity (Wildman–Crippen MR) is 69.7 cm³/mol. The molecule has 0 spiro atoms. The zero-order valence-electron chi connectivity index (χ0n) is 10.2. The second-order valence-electron chi connectivity index (χ2n) is 3.77. The molecular weight excluding hydrogens is 269 g/mol. The van der Waals surface area contributed by atoms with Crippen LogP contribution in [0.4, 0.5) is 5.82 Å². The second-order valence-corrected chi connectivity index (χ2v) is 4.50. The summed E-state index contributed by atoms with van der Waals surface area (Å²) >= 11 is 0. The number of imidazole rings is 1. The molecule has 0 saturated carbocycles. The van der Waals surface area contributed by atoms with Crippen molar-refractivity contribution in [3.05, 3.63) is 24.3 Å². The summed E-state index contributed by atoms with van der Waals surface area (Å²) in [5.41, 5.74) is 2.18. The second kappa shape index (κ2) is 6.33. The third-order valence-corrected chi connectivity index (χ3v) is 2.70. The van der Waals surface area contributed by atoms with Crippen molar-refractivity contribution in [2.24, 2.45) is 0 Å². The Kier molecular flexibility index (Phi) is 4.51. The minimum atomic E-state index is -2.55. The van der Waals surface area contributed by atoms with Crippen LogP contribution in [0, 0.1) is 0 Å². The maximum absolute atomic E-state index is 10.4. The summed E-state index contributed by atoms with van der Waals surface area (Å²) < 4.78 is 15.0. The lowest BCUT2D eigenvalue weighted by Gasteiger charge is -2.03. The number of rotatable bonds is 6. The lowest BCUT2D eigenvalue weighted by molar-refractivity contribution is 0.305. The maximum atomic E-state index is 10.4. The number of H-pyrrole nitrogens is 1. The van der Waals surface area contributed by atoms with E-state index in [1.54, 1.807) is 6.33 Å². The first-order chi connectivity index (χ1) is 9.16. The van der Waals surface area contributed by atoms with Gasteiger partial charge in [0.1, 0.15) is 18.5 Å². The summed E-state index contributed by atoms with van der Waals surface area (Å²) in [6.07, 6.45) is 4.84. The Morgan fingerprint density at radius 1 is 1.58 bits per heavy atom. The predicted octanol–water partition coefficient (Wildman–Crippen LogP) is 1.38. The molecule has 0 saturated heterocycles. The van der Waals surface area contributed by atoms with Crippen LogP contribution in [0.1, 0.15) is 6.92 Å². The van der Waals surface area contributed by atoms with Crippen LogP contribution < -0.4 is 5.32 Å². The zero-order valence-corrected chi connectivity index (χ0v) is 11.1. The molecule has 9 heteroatoms. The molecule has 0 amide bonds. The molecule has 100 valence electrons. The molecule has 0 aliphatic heterocycles. The van der Waals surface area contributed by atoms with Crippen LogP contribution in [0.15, 0.2) is 24.3 Å². The molecule has 0 aliphatic rings. The largest absolute Gasteiger partial charge is 0.695 e. The SMILES string of the molecule is C/C(=C\CNc1ncnc2nc[nH]c12)CO[P+](=O)O. The van der Waals surface area contributed by atoms with E-state index in [1.807, 2.05) is 13.0 Å². The number of aromatic amines is 1. The minimum absolute atomic E-state index is 0.122. The molecule has 2 aromatic heterocycles. The van der Waals surface area contributed by atoms with Crippen LogP contribution in [0.3, 0.4) is 0 Å². The molecule has 19 heavy (non-hydrogen) atoms. The summed E-state index contributed by atoms with van der Waals surface area (Å²) in [5, 5.41) is 3.10. The highest BCUT2D eigenvalue weighted by Crippen LogP contribution is 2.16. The van der Waals surface area contributed by atoms with E-state index in [-0.39, 0.29) is 6.61 Å². The Bertz CT molecular complexity index is 612. The molecule has 0 bridgehead atoms. The topological polar surface area (TPSA) is 113 Å². The summed E-state index contributed by atoms with van der Waals surface area (Å²) in [5.74, 6) is 0.653. The molecule has 2 aromatic rings. The average molecular weight is 282 g/mol. The Hall–Kier alpha value is -1.89. The first-order valence-corrected chi connectivity index (χ1v) is 6.62. The van der Waals surface area contributed by atoms with Gasteiger partial charge in [0.05, 0.1) is 6.33 Å². The monoisotopic (exact) mass is 282 g/mol. The van der Waals surface area contributed by atoms with Gasteiger partial charge in [-0.1, -0.05) is 6.08 Å². The Labute approximate surface area is 109 Å². The molecule has 1 unspecified atom stereocenters. The molecular formula is C10H13N5O3P+. The number of anilines is 1. The number of aromatic nitrogens is 4. The van der Waals surface area contributed by atoms with Crippen molar-refractivity contribution in [1.29, 1.82) is 0 Å². The van der Waals surface area contributed by atoms with E-state index in [4.69, 9.17) is 4.89 Å². The highest BCUT2D eigenvalue weighted by Gasteiger charge is 2.11. The number of nitrogens with one attached hydrogen (secondary N) is 2. The fraction of sp³-hybridized carbons (Fsp3) is 0.300. The molecule has 0 aromatic carbocycles. The molecule has 2 heterocycles. The first kappa shape index (κ1) is 13.5. The molecule has 2 rings (SSSR count). The quantitative estimate of drug-likeness (QED) is 0.541. The van der Waals surface area contributed by atoms with Gasteiger partial charge in [0.25, 0.3) is 0 Å². The van der Waals surface area contributed by atoms with E-state index >= 15 is 0 Å². The van der Waals surface area contributed by atoms with Crippen LogP contribution in [-0.4, -0.2) is 38.0 Å². The van der Waals surface area contributed by atoms with Crippen LogP contribution in [0.25, 0.3) is 11.2 Å². The molecule has 0 aliphatic carbocycles. The van der Waals surface area contributed by atoms with E-state index < -0.39 is 8.25 Å². The zero-order chi connectivity index (χ0) is 13.7. The van der Waals surface area contributed by atoms with Gasteiger partial charge in [-0.05, 0) is 12.5 Å². The Morgan fingerprint density at radius 3 is 3.21 bits per heavy atom. The van der Waals surface area contributed by atoms with Crippen molar-refractivity contribution in [1.82, 2.24) is 19.9 Å². The van der Waals surface area contributed by atoms with Gasteiger partial charge in [-0.25, -0.2) is 15.0 Å². The molecule has 8 nitrogen and oxygen atoms in total. The van der Waals surface area contributed by atoms with E-state index in [2.05, 4.69) is 29.8 Å². The Morgan fingerprint density at radius 2 is 2.42 bits per heavy atom. The van der Waals surface area contributed by atoms with Crippen LogP contribution in [-0.2, 0) is 9.09 Å². The van der Waals surface area contributed by atoms with Gasteiger partial charge < -0.3 is 10.3 Å². The summed E-state index contributed by atoms with van der Waals surface area (Å²) in [6.45, 7) is 2.45. The van der Waals surface area contributed by atoms with Crippen molar-refractivity contribution >= 4 is 25.2 Å². The average Bonchev–Trinajstić information content (AvgIpc) is 2.85. The molecule has 0 fully saturated rings. The van der Waals surface area contributed by atoms with Gasteiger partial charge >= 0.3 is 8.25 Å². The smallest absolute Gasteiger partial charge is 0.365 e. The highest BCUT2D eigenvalue weighted by molar-refractivity contribution is 7.32. The van der Waals surface area contributed by atoms with Crippen LogP contribution >= 0.6 is 8.25 Å². The normalized spacial score (nSPS) is 12.7. The van der Waals surface area contributed by atoms with Gasteiger partial charge in [0.15, 0.2) is 11.5 Å². The first-order valence-electron chi connectivity index (χ1n) is 5.49. The van der Waals surface area contributed by atoms with Gasteiger partial charge in [0, 0.05) is 11.1 Å². The standard InChI is InChI=1S/C10H12N5O3P/c1-7(4-18-19(16)17)2-3-11-9-8-10(13-5-12-8)15-6-14-9/h2,5-6H,3-4H2,1H3,(H2-,11,12,13,14,15,16,17)/p+1/b7-2+. The van der Waals surface area contributed by atoms with Crippen molar-refractivity contribution in [2.45, 2.75) is 6.92 Å². The lowest BCUT2D eigenvalue weighted by atomic mass is 10.3. The fourth-order valence-electron chi connectivity index (χ4n) is 1.44. The van der Waals surface area contributed by atoms with Crippen molar-refractivity contribution in [3.8, 4) is 0 Å². The Balaban J connectivity index is 1.93. The van der Waals surface area contributed by atoms with E-state index in [1.165, 1.54) is 6.33 Å². The summed E-state index contributed by atoms with van der Waals surface area (Å²) in [7, 11) is -2.55. The maximum Gasteiger partial charge on any atom is 0.695 e. The number of hydrogen-bond donors (Lipinski definition) is 3. The summed E-state index contributed by atoms with van der Waals surface area (Å²) in [4.78, 5) is 23.6. The number of fused-ring (bicyclic) bond motifs is 1. The van der Waals surface area contributed by atoms with Crippen molar-refractivity contribution in [3.63, 3.8) is 0 Å². The fourth-order valence-corrected chi connectivity index (χ4v) is 1.75. The lowest BCUT2D eigenvalue weighted by Crippen LogP contribution is -2.03.